The number of Topliss-reactive ketones (excluding diaryl/α,β-unsaturated/α-hetero) is 1. The van der Waals surface area contributed by atoms with Crippen LogP contribution in [0.4, 0.5) is 17.2 Å². The molecule has 0 unspecified atom stereocenters. The van der Waals surface area contributed by atoms with Crippen molar-refractivity contribution < 1.29 is 14.7 Å². The number of thiazole rings is 1. The third kappa shape index (κ3) is 7.49. The van der Waals surface area contributed by atoms with Crippen LogP contribution in [0.25, 0.3) is 10.2 Å². The summed E-state index contributed by atoms with van der Waals surface area (Å²) in [6, 6.07) is 8.05. The van der Waals surface area contributed by atoms with Gasteiger partial charge in [-0.15, -0.1) is 11.3 Å². The molecule has 0 bridgehead atoms. The van der Waals surface area contributed by atoms with Crippen molar-refractivity contribution >= 4 is 50.4 Å². The van der Waals surface area contributed by atoms with Crippen molar-refractivity contribution in [1.82, 2.24) is 15.3 Å². The van der Waals surface area contributed by atoms with Gasteiger partial charge in [-0.25, -0.2) is 9.97 Å². The topological polar surface area (TPSA) is 116 Å². The maximum atomic E-state index is 13.3. The molecule has 0 radical (unpaired) electrons. The Kier molecular flexibility index (Phi) is 8.44. The van der Waals surface area contributed by atoms with Crippen LogP contribution in [0.2, 0.25) is 0 Å². The van der Waals surface area contributed by atoms with Gasteiger partial charge in [-0.3, -0.25) is 9.59 Å². The summed E-state index contributed by atoms with van der Waals surface area (Å²) in [6.07, 6.45) is 5.31. The smallest absolute Gasteiger partial charge is 0.223 e. The maximum Gasteiger partial charge on any atom is 0.223 e. The summed E-state index contributed by atoms with van der Waals surface area (Å²) >= 11 is 1.59. The van der Waals surface area contributed by atoms with E-state index in [1.165, 1.54) is 0 Å². The van der Waals surface area contributed by atoms with Gasteiger partial charge < -0.3 is 21.1 Å². The zero-order valence-corrected chi connectivity index (χ0v) is 22.8. The molecule has 1 aliphatic rings. The SMILES string of the molecule is CC(C)Nc1cc(Nc2ccc3ncsc3c2)ncc1C(=O)CC1CCC(C(=O)NCC(C)(C)O)CC1. The molecule has 8 nitrogen and oxygen atoms in total. The molecule has 0 saturated heterocycles. The van der Waals surface area contributed by atoms with E-state index in [-0.39, 0.29) is 36.1 Å². The van der Waals surface area contributed by atoms with E-state index < -0.39 is 5.60 Å². The third-order valence-corrected chi connectivity index (χ3v) is 7.43. The first kappa shape index (κ1) is 27.0. The normalized spacial score (nSPS) is 18.1. The number of amides is 1. The predicted octanol–water partition coefficient (Wildman–Crippen LogP) is 5.52. The molecule has 0 aliphatic heterocycles. The average molecular weight is 524 g/mol. The number of anilines is 3. The molecule has 1 saturated carbocycles. The number of aliphatic hydroxyl groups is 1. The lowest BCUT2D eigenvalue weighted by Crippen LogP contribution is -2.41. The highest BCUT2D eigenvalue weighted by Crippen LogP contribution is 2.33. The first-order valence-electron chi connectivity index (χ1n) is 13.0. The molecule has 1 aliphatic carbocycles. The van der Waals surface area contributed by atoms with E-state index in [4.69, 9.17) is 0 Å². The number of pyridine rings is 1. The molecule has 0 atom stereocenters. The number of carbonyl (C=O) groups excluding carboxylic acids is 2. The van der Waals surface area contributed by atoms with Gasteiger partial charge >= 0.3 is 0 Å². The molecule has 4 rings (SSSR count). The number of ketones is 1. The molecule has 2 heterocycles. The molecule has 1 amide bonds. The van der Waals surface area contributed by atoms with Gasteiger partial charge in [0.1, 0.15) is 5.82 Å². The van der Waals surface area contributed by atoms with Crippen molar-refractivity contribution in [1.29, 1.82) is 0 Å². The largest absolute Gasteiger partial charge is 0.389 e. The van der Waals surface area contributed by atoms with E-state index in [2.05, 4.69) is 25.9 Å². The number of hydrogen-bond donors (Lipinski definition) is 4. The van der Waals surface area contributed by atoms with Gasteiger partial charge in [0.2, 0.25) is 5.91 Å². The molecule has 9 heteroatoms. The van der Waals surface area contributed by atoms with E-state index in [1.807, 2.05) is 43.6 Å². The Morgan fingerprint density at radius 3 is 2.59 bits per heavy atom. The van der Waals surface area contributed by atoms with Crippen molar-refractivity contribution in [3.8, 4) is 0 Å². The Balaban J connectivity index is 1.38. The Labute approximate surface area is 222 Å². The zero-order chi connectivity index (χ0) is 26.6. The molecule has 4 N–H and O–H groups in total. The minimum Gasteiger partial charge on any atom is -0.389 e. The minimum atomic E-state index is -0.921. The first-order valence-corrected chi connectivity index (χ1v) is 13.9. The fourth-order valence-corrected chi connectivity index (χ4v) is 5.42. The van der Waals surface area contributed by atoms with Crippen LogP contribution in [-0.2, 0) is 4.79 Å². The van der Waals surface area contributed by atoms with Gasteiger partial charge in [0, 0.05) is 42.9 Å². The highest BCUT2D eigenvalue weighted by atomic mass is 32.1. The number of carbonyl (C=O) groups is 2. The summed E-state index contributed by atoms with van der Waals surface area (Å²) in [6.45, 7) is 7.69. The summed E-state index contributed by atoms with van der Waals surface area (Å²) < 4.78 is 1.10. The Hall–Kier alpha value is -3.04. The first-order chi connectivity index (χ1) is 17.6. The van der Waals surface area contributed by atoms with Crippen LogP contribution in [0.3, 0.4) is 0 Å². The van der Waals surface area contributed by atoms with Crippen LogP contribution in [0.15, 0.2) is 36.0 Å². The minimum absolute atomic E-state index is 0.00268. The van der Waals surface area contributed by atoms with E-state index >= 15 is 0 Å². The van der Waals surface area contributed by atoms with Crippen LogP contribution in [-0.4, -0.2) is 45.0 Å². The van der Waals surface area contributed by atoms with E-state index in [0.29, 0.717) is 17.8 Å². The fourth-order valence-electron chi connectivity index (χ4n) is 4.71. The number of aromatic nitrogens is 2. The van der Waals surface area contributed by atoms with E-state index in [9.17, 15) is 14.7 Å². The number of fused-ring (bicyclic) bond motifs is 1. The van der Waals surface area contributed by atoms with Gasteiger partial charge in [0.05, 0.1) is 32.6 Å². The van der Waals surface area contributed by atoms with Crippen molar-refractivity contribution in [2.75, 3.05) is 17.2 Å². The number of hydrogen-bond acceptors (Lipinski definition) is 8. The van der Waals surface area contributed by atoms with E-state index in [1.54, 1.807) is 31.4 Å². The summed E-state index contributed by atoms with van der Waals surface area (Å²) in [5.41, 5.74) is 4.17. The molecular formula is C28H37N5O3S. The standard InChI is InChI=1S/C28H37N5O3S/c1-17(2)32-23-13-26(33-20-9-10-22-25(12-20)37-16-31-22)29-14-21(23)24(34)11-18-5-7-19(8-6-18)27(35)30-15-28(3,4)36/h9-10,12-14,16-19,36H,5-8,11,15H2,1-4H3,(H,30,35)(H2,29,32,33). The summed E-state index contributed by atoms with van der Waals surface area (Å²) in [4.78, 5) is 34.6. The quantitative estimate of drug-likeness (QED) is 0.259. The number of benzene rings is 1. The van der Waals surface area contributed by atoms with Crippen molar-refractivity contribution in [3.63, 3.8) is 0 Å². The Morgan fingerprint density at radius 2 is 1.89 bits per heavy atom. The molecule has 198 valence electrons. The molecule has 3 aromatic rings. The van der Waals surface area contributed by atoms with Gasteiger partial charge in [-0.05, 0) is 77.5 Å². The second-order valence-corrected chi connectivity index (χ2v) is 11.8. The summed E-state index contributed by atoms with van der Waals surface area (Å²) in [7, 11) is 0. The summed E-state index contributed by atoms with van der Waals surface area (Å²) in [5.74, 6) is 0.936. The second-order valence-electron chi connectivity index (χ2n) is 10.9. The number of rotatable bonds is 10. The maximum absolute atomic E-state index is 13.3. The molecular weight excluding hydrogens is 486 g/mol. The van der Waals surface area contributed by atoms with Gasteiger partial charge in [0.15, 0.2) is 5.78 Å². The van der Waals surface area contributed by atoms with Crippen molar-refractivity contribution in [2.24, 2.45) is 11.8 Å². The molecule has 1 fully saturated rings. The molecule has 1 aromatic carbocycles. The number of nitrogens with one attached hydrogen (secondary N) is 3. The third-order valence-electron chi connectivity index (χ3n) is 6.64. The summed E-state index contributed by atoms with van der Waals surface area (Å²) in [5, 5.41) is 19.4. The van der Waals surface area contributed by atoms with Gasteiger partial charge in [-0.2, -0.15) is 0 Å². The highest BCUT2D eigenvalue weighted by Gasteiger charge is 2.29. The zero-order valence-electron chi connectivity index (χ0n) is 22.0. The van der Waals surface area contributed by atoms with Crippen LogP contribution >= 0.6 is 11.3 Å². The lowest BCUT2D eigenvalue weighted by Gasteiger charge is -2.28. The second kappa shape index (κ2) is 11.6. The van der Waals surface area contributed by atoms with Gasteiger partial charge in [0.25, 0.3) is 0 Å². The molecule has 37 heavy (non-hydrogen) atoms. The molecule has 2 aromatic heterocycles. The van der Waals surface area contributed by atoms with Crippen molar-refractivity contribution in [2.45, 2.75) is 71.4 Å². The van der Waals surface area contributed by atoms with E-state index in [0.717, 1.165) is 47.3 Å². The molecule has 0 spiro atoms. The Morgan fingerprint density at radius 1 is 1.14 bits per heavy atom. The monoisotopic (exact) mass is 523 g/mol. The fraction of sp³-hybridized carbons (Fsp3) is 0.500. The average Bonchev–Trinajstić information content (AvgIpc) is 3.30. The van der Waals surface area contributed by atoms with Gasteiger partial charge in [-0.1, -0.05) is 0 Å². The van der Waals surface area contributed by atoms with Crippen molar-refractivity contribution in [3.05, 3.63) is 41.5 Å². The lowest BCUT2D eigenvalue weighted by atomic mass is 9.79. The lowest BCUT2D eigenvalue weighted by molar-refractivity contribution is -0.127. The highest BCUT2D eigenvalue weighted by molar-refractivity contribution is 7.16. The Bertz CT molecular complexity index is 1240. The van der Waals surface area contributed by atoms with Crippen LogP contribution in [0.5, 0.6) is 0 Å². The van der Waals surface area contributed by atoms with Crippen LogP contribution in [0.1, 0.15) is 70.2 Å². The van der Waals surface area contributed by atoms with Crippen LogP contribution < -0.4 is 16.0 Å². The van der Waals surface area contributed by atoms with Crippen LogP contribution in [0, 0.1) is 11.8 Å². The predicted molar refractivity (Wildman–Crippen MR) is 150 cm³/mol. The number of nitrogens with zero attached hydrogens (tertiary/aromatic N) is 2.